The number of hydrogen-bond donors (Lipinski definition) is 1. The van der Waals surface area contributed by atoms with E-state index in [0.29, 0.717) is 19.4 Å². The molecule has 1 amide bonds. The molecule has 0 aliphatic heterocycles. The van der Waals surface area contributed by atoms with Gasteiger partial charge in [0.25, 0.3) is 17.4 Å². The number of ether oxygens (including phenoxy) is 3. The Labute approximate surface area is 225 Å². The van der Waals surface area contributed by atoms with Gasteiger partial charge in [-0.15, -0.1) is 0 Å². The summed E-state index contributed by atoms with van der Waals surface area (Å²) in [6.45, 7) is 4.62. The van der Waals surface area contributed by atoms with E-state index in [1.165, 1.54) is 14.2 Å². The van der Waals surface area contributed by atoms with Crippen LogP contribution in [0, 0.1) is 0 Å². The smallest absolute Gasteiger partial charge is 0.364 e. The summed E-state index contributed by atoms with van der Waals surface area (Å²) in [7, 11) is 2.53. The molecule has 0 fully saturated rings. The van der Waals surface area contributed by atoms with Gasteiger partial charge >= 0.3 is 17.9 Å². The first-order chi connectivity index (χ1) is 18.4. The van der Waals surface area contributed by atoms with Crippen molar-refractivity contribution in [2.75, 3.05) is 20.8 Å². The Morgan fingerprint density at radius 3 is 2.26 bits per heavy atom. The van der Waals surface area contributed by atoms with Crippen LogP contribution in [0.3, 0.4) is 0 Å². The van der Waals surface area contributed by atoms with Gasteiger partial charge in [0.05, 0.1) is 14.2 Å². The molecule has 0 bridgehead atoms. The fraction of sp³-hybridized carbons (Fsp3) is 0.586. The molecule has 0 radical (unpaired) electrons. The number of carbonyl (C=O) groups is 3. The molecular weight excluding hydrogens is 488 g/mol. The van der Waals surface area contributed by atoms with Gasteiger partial charge in [0, 0.05) is 19.4 Å². The Morgan fingerprint density at radius 1 is 0.947 bits per heavy atom. The van der Waals surface area contributed by atoms with Crippen molar-refractivity contribution in [3.63, 3.8) is 0 Å². The topological polar surface area (TPSA) is 117 Å². The molecule has 0 aliphatic rings. The van der Waals surface area contributed by atoms with Crippen molar-refractivity contribution in [3.8, 4) is 5.95 Å². The molecule has 210 valence electrons. The van der Waals surface area contributed by atoms with Crippen molar-refractivity contribution >= 4 is 17.8 Å². The Bertz CT molecular complexity index is 1010. The van der Waals surface area contributed by atoms with Gasteiger partial charge in [-0.25, -0.2) is 4.79 Å². The van der Waals surface area contributed by atoms with Crippen LogP contribution in [0.15, 0.2) is 34.7 Å². The molecule has 1 aromatic carbocycles. The lowest BCUT2D eigenvalue weighted by molar-refractivity contribution is -0.174. The number of esters is 2. The fourth-order valence-electron chi connectivity index (χ4n) is 4.14. The number of nitrogens with zero attached hydrogens (tertiary/aromatic N) is 1. The van der Waals surface area contributed by atoms with Crippen molar-refractivity contribution in [3.05, 3.63) is 47.5 Å². The zero-order chi connectivity index (χ0) is 27.8. The van der Waals surface area contributed by atoms with E-state index < -0.39 is 23.4 Å². The number of unbranched alkanes of at least 4 members (excludes halogenated alkanes) is 6. The summed E-state index contributed by atoms with van der Waals surface area (Å²) in [5, 5.41) is 2.92. The Hall–Kier alpha value is -3.36. The quantitative estimate of drug-likeness (QED) is 0.198. The molecule has 0 saturated heterocycles. The van der Waals surface area contributed by atoms with Crippen LogP contribution < -0.4 is 10.1 Å². The second-order valence-corrected chi connectivity index (χ2v) is 9.26. The molecular formula is C29H42N2O7. The molecule has 9 heteroatoms. The molecule has 2 aromatic rings. The summed E-state index contributed by atoms with van der Waals surface area (Å²) < 4.78 is 21.7. The van der Waals surface area contributed by atoms with Crippen molar-refractivity contribution in [1.82, 2.24) is 10.3 Å². The third-order valence-corrected chi connectivity index (χ3v) is 6.32. The maximum Gasteiger partial charge on any atom is 0.364 e. The monoisotopic (exact) mass is 530 g/mol. The lowest BCUT2D eigenvalue weighted by Crippen LogP contribution is -2.48. The highest BCUT2D eigenvalue weighted by Crippen LogP contribution is 2.36. The lowest BCUT2D eigenvalue weighted by atomic mass is 9.93. The van der Waals surface area contributed by atoms with E-state index in [1.54, 1.807) is 0 Å². The Balaban J connectivity index is 2.41. The number of aryl methyl sites for hydroxylation is 1. The van der Waals surface area contributed by atoms with Gasteiger partial charge in [-0.05, 0) is 24.8 Å². The van der Waals surface area contributed by atoms with E-state index in [4.69, 9.17) is 18.6 Å². The maximum atomic E-state index is 13.8. The third-order valence-electron chi connectivity index (χ3n) is 6.32. The van der Waals surface area contributed by atoms with Crippen LogP contribution in [0.4, 0.5) is 0 Å². The van der Waals surface area contributed by atoms with Crippen LogP contribution in [-0.2, 0) is 31.1 Å². The minimum atomic E-state index is -1.86. The number of carbonyl (C=O) groups excluding carboxylic acids is 3. The molecule has 1 unspecified atom stereocenters. The van der Waals surface area contributed by atoms with Gasteiger partial charge < -0.3 is 23.9 Å². The van der Waals surface area contributed by atoms with Crippen LogP contribution in [-0.4, -0.2) is 43.6 Å². The Kier molecular flexibility index (Phi) is 13.4. The molecule has 0 aliphatic carbocycles. The summed E-state index contributed by atoms with van der Waals surface area (Å²) >= 11 is 0. The van der Waals surface area contributed by atoms with E-state index >= 15 is 0 Å². The molecule has 1 aromatic heterocycles. The molecule has 2 rings (SSSR count). The van der Waals surface area contributed by atoms with Gasteiger partial charge in [0.15, 0.2) is 0 Å². The normalized spacial score (nSPS) is 12.4. The minimum Gasteiger partial charge on any atom is -0.467 e. The summed E-state index contributed by atoms with van der Waals surface area (Å²) in [5.41, 5.74) is -1.10. The van der Waals surface area contributed by atoms with Crippen LogP contribution in [0.25, 0.3) is 0 Å². The van der Waals surface area contributed by atoms with E-state index in [-0.39, 0.29) is 30.4 Å². The van der Waals surface area contributed by atoms with Crippen LogP contribution in [0.5, 0.6) is 5.95 Å². The van der Waals surface area contributed by atoms with Gasteiger partial charge in [-0.1, -0.05) is 82.7 Å². The highest BCUT2D eigenvalue weighted by atomic mass is 16.6. The molecule has 1 heterocycles. The second-order valence-electron chi connectivity index (χ2n) is 9.26. The van der Waals surface area contributed by atoms with Gasteiger partial charge in [-0.3, -0.25) is 9.59 Å². The zero-order valence-corrected chi connectivity index (χ0v) is 23.2. The van der Waals surface area contributed by atoms with E-state index in [0.717, 1.165) is 50.5 Å². The Morgan fingerprint density at radius 2 is 1.63 bits per heavy atom. The van der Waals surface area contributed by atoms with Crippen molar-refractivity contribution in [2.24, 2.45) is 0 Å². The standard InChI is InChI=1S/C29H42N2O7/c1-5-7-9-14-20-29(27(34)30-21-15-10-8-6-2,28-31-24(25(33)35-3)26(36-4)37-28)38-23(32)19-18-22-16-12-11-13-17-22/h11-13,16-17H,5-10,14-15,18-21H2,1-4H3,(H,30,34). The van der Waals surface area contributed by atoms with Crippen molar-refractivity contribution in [1.29, 1.82) is 0 Å². The molecule has 1 atom stereocenters. The predicted octanol–water partition coefficient (Wildman–Crippen LogP) is 5.51. The summed E-state index contributed by atoms with van der Waals surface area (Å²) in [4.78, 5) is 43.5. The number of oxazole rings is 1. The average Bonchev–Trinajstić information content (AvgIpc) is 3.38. The molecule has 9 nitrogen and oxygen atoms in total. The average molecular weight is 531 g/mol. The molecule has 0 spiro atoms. The van der Waals surface area contributed by atoms with E-state index in [2.05, 4.69) is 24.1 Å². The lowest BCUT2D eigenvalue weighted by Gasteiger charge is -2.29. The first-order valence-corrected chi connectivity index (χ1v) is 13.6. The van der Waals surface area contributed by atoms with Crippen LogP contribution in [0.1, 0.15) is 100.0 Å². The van der Waals surface area contributed by atoms with Crippen LogP contribution in [0.2, 0.25) is 0 Å². The second kappa shape index (κ2) is 16.5. The largest absolute Gasteiger partial charge is 0.467 e. The number of aromatic nitrogens is 1. The molecule has 38 heavy (non-hydrogen) atoms. The number of nitrogens with one attached hydrogen (secondary N) is 1. The zero-order valence-electron chi connectivity index (χ0n) is 23.2. The number of methoxy groups -OCH3 is 2. The number of amides is 1. The number of hydrogen-bond acceptors (Lipinski definition) is 8. The van der Waals surface area contributed by atoms with Gasteiger partial charge in [0.1, 0.15) is 0 Å². The summed E-state index contributed by atoms with van der Waals surface area (Å²) in [6.07, 6.45) is 7.91. The molecule has 1 N–H and O–H groups in total. The summed E-state index contributed by atoms with van der Waals surface area (Å²) in [6, 6.07) is 9.56. The first-order valence-electron chi connectivity index (χ1n) is 13.6. The van der Waals surface area contributed by atoms with Gasteiger partial charge in [-0.2, -0.15) is 4.98 Å². The summed E-state index contributed by atoms with van der Waals surface area (Å²) in [5.74, 6) is -2.29. The van der Waals surface area contributed by atoms with E-state index in [9.17, 15) is 14.4 Å². The maximum absolute atomic E-state index is 13.8. The highest BCUT2D eigenvalue weighted by Gasteiger charge is 2.49. The highest BCUT2D eigenvalue weighted by molar-refractivity contribution is 5.91. The minimum absolute atomic E-state index is 0.0617. The van der Waals surface area contributed by atoms with Crippen molar-refractivity contribution < 1.29 is 33.0 Å². The van der Waals surface area contributed by atoms with Crippen LogP contribution >= 0.6 is 0 Å². The molecule has 0 saturated carbocycles. The van der Waals surface area contributed by atoms with E-state index in [1.807, 2.05) is 30.3 Å². The fourth-order valence-corrected chi connectivity index (χ4v) is 4.14. The predicted molar refractivity (Wildman–Crippen MR) is 143 cm³/mol. The first kappa shape index (κ1) is 30.9. The number of benzene rings is 1. The third kappa shape index (κ3) is 8.89. The SMILES string of the molecule is CCCCCCNC(=O)C(CCCCCC)(OC(=O)CCc1ccccc1)c1nc(C(=O)OC)c(OC)o1. The van der Waals surface area contributed by atoms with Gasteiger partial charge in [0.2, 0.25) is 5.69 Å². The van der Waals surface area contributed by atoms with Crippen molar-refractivity contribution in [2.45, 2.75) is 90.1 Å². The number of rotatable bonds is 18.